The zero-order valence-corrected chi connectivity index (χ0v) is 27.8. The molecule has 0 N–H and O–H groups in total. The fourth-order valence-electron chi connectivity index (χ4n) is 9.97. The highest BCUT2D eigenvalue weighted by Gasteiger charge is 2.63. The molecule has 0 saturated heterocycles. The first-order valence-corrected chi connectivity index (χ1v) is 22.3. The van der Waals surface area contributed by atoms with Crippen LogP contribution in [0.1, 0.15) is 85.0 Å². The number of hydrogen-bond donors (Lipinski definition) is 0. The number of rotatable bonds is 8. The van der Waals surface area contributed by atoms with Gasteiger partial charge >= 0.3 is 5.97 Å². The first-order valence-electron chi connectivity index (χ1n) is 15.5. The predicted octanol–water partition coefficient (Wildman–Crippen LogP) is 8.28. The Morgan fingerprint density at radius 2 is 1.49 bits per heavy atom. The third-order valence-corrected chi connectivity index (χ3v) is 13.5. The van der Waals surface area contributed by atoms with Gasteiger partial charge in [0.05, 0.1) is 7.11 Å². The lowest BCUT2D eigenvalue weighted by molar-refractivity contribution is -0.168. The van der Waals surface area contributed by atoms with E-state index in [1.807, 2.05) is 0 Å². The number of hydrogen-bond acceptors (Lipinski definition) is 4. The van der Waals surface area contributed by atoms with Gasteiger partial charge < -0.3 is 13.6 Å². The van der Waals surface area contributed by atoms with Crippen LogP contribution in [0.3, 0.4) is 0 Å². The molecule has 4 fully saturated rings. The molecule has 6 heteroatoms. The molecule has 4 saturated carbocycles. The third-order valence-electron chi connectivity index (χ3n) is 11.4. The van der Waals surface area contributed by atoms with Gasteiger partial charge in [-0.15, -0.1) is 0 Å². The van der Waals surface area contributed by atoms with Crippen molar-refractivity contribution >= 4 is 22.6 Å². The number of fused-ring (bicyclic) bond motifs is 5. The number of esters is 1. The highest BCUT2D eigenvalue weighted by molar-refractivity contribution is 6.70. The Morgan fingerprint density at radius 3 is 2.11 bits per heavy atom. The normalized spacial score (nSPS) is 42.9. The van der Waals surface area contributed by atoms with E-state index in [4.69, 9.17) is 13.6 Å². The van der Waals surface area contributed by atoms with E-state index in [1.54, 1.807) is 0 Å². The molecule has 4 nitrogen and oxygen atoms in total. The van der Waals surface area contributed by atoms with Crippen LogP contribution in [0.15, 0.2) is 0 Å². The van der Waals surface area contributed by atoms with Crippen molar-refractivity contribution < 1.29 is 18.4 Å². The van der Waals surface area contributed by atoms with Gasteiger partial charge in [0.1, 0.15) is 0 Å². The second kappa shape index (κ2) is 10.7. The highest BCUT2D eigenvalue weighted by atomic mass is 28.4. The minimum atomic E-state index is -1.67. The van der Waals surface area contributed by atoms with E-state index in [0.717, 1.165) is 24.2 Å². The van der Waals surface area contributed by atoms with Crippen molar-refractivity contribution in [3.8, 4) is 0 Å². The van der Waals surface area contributed by atoms with Gasteiger partial charge in [-0.2, -0.15) is 0 Å². The van der Waals surface area contributed by atoms with Crippen molar-refractivity contribution in [1.29, 1.82) is 0 Å². The van der Waals surface area contributed by atoms with Gasteiger partial charge in [-0.3, -0.25) is 4.79 Å². The zero-order chi connectivity index (χ0) is 27.4. The monoisotopic (exact) mass is 550 g/mol. The molecular formula is C31H58O4Si2. The summed E-state index contributed by atoms with van der Waals surface area (Å²) in [4.78, 5) is 11.9. The van der Waals surface area contributed by atoms with Gasteiger partial charge in [0.15, 0.2) is 16.6 Å². The van der Waals surface area contributed by atoms with Crippen LogP contribution in [0.25, 0.3) is 0 Å². The van der Waals surface area contributed by atoms with E-state index >= 15 is 0 Å². The number of carbonyl (C=O) groups excluding carboxylic acids is 1. The van der Waals surface area contributed by atoms with Gasteiger partial charge in [0, 0.05) is 18.6 Å². The molecule has 37 heavy (non-hydrogen) atoms. The molecule has 0 aromatic heterocycles. The molecule has 7 unspecified atom stereocenters. The van der Waals surface area contributed by atoms with Gasteiger partial charge in [-0.05, 0) is 143 Å². The number of carbonyl (C=O) groups is 1. The van der Waals surface area contributed by atoms with Crippen LogP contribution in [0.5, 0.6) is 0 Å². The Hall–Kier alpha value is -0.176. The molecule has 10 atom stereocenters. The lowest BCUT2D eigenvalue weighted by atomic mass is 9.43. The summed E-state index contributed by atoms with van der Waals surface area (Å²) in [7, 11) is -1.69. The average Bonchev–Trinajstić information content (AvgIpc) is 3.13. The molecule has 214 valence electrons. The number of methoxy groups -OCH3 is 1. The summed E-state index contributed by atoms with van der Waals surface area (Å²) in [6, 6.07) is 0. The van der Waals surface area contributed by atoms with Crippen molar-refractivity contribution in [2.24, 2.45) is 46.3 Å². The molecule has 0 aliphatic heterocycles. The van der Waals surface area contributed by atoms with Crippen LogP contribution in [0.4, 0.5) is 0 Å². The molecule has 0 heterocycles. The SMILES string of the molecule is COC(=O)CC[C@@H](C)C1CCC2C3C(O[Si](C)(C)C)CC4CC(O[Si](C)(C)C)CC[C@]4(C)C3CC[C@@]21C. The predicted molar refractivity (Wildman–Crippen MR) is 157 cm³/mol. The Labute approximate surface area is 230 Å². The average molecular weight is 551 g/mol. The van der Waals surface area contributed by atoms with E-state index in [1.165, 1.54) is 58.5 Å². The van der Waals surface area contributed by atoms with Crippen molar-refractivity contribution in [2.75, 3.05) is 7.11 Å². The maximum Gasteiger partial charge on any atom is 0.305 e. The molecule has 0 radical (unpaired) electrons. The van der Waals surface area contributed by atoms with Crippen molar-refractivity contribution in [1.82, 2.24) is 0 Å². The van der Waals surface area contributed by atoms with E-state index in [-0.39, 0.29) is 5.97 Å². The summed E-state index contributed by atoms with van der Waals surface area (Å²) in [5.41, 5.74) is 0.804. The Balaban J connectivity index is 1.59. The smallest absolute Gasteiger partial charge is 0.305 e. The maximum atomic E-state index is 11.9. The largest absolute Gasteiger partial charge is 0.469 e. The molecule has 0 bridgehead atoms. The molecule has 4 aliphatic carbocycles. The summed E-state index contributed by atoms with van der Waals surface area (Å²) in [6.07, 6.45) is 12.8. The zero-order valence-electron chi connectivity index (χ0n) is 25.8. The highest BCUT2D eigenvalue weighted by Crippen LogP contribution is 2.69. The molecule has 0 amide bonds. The van der Waals surface area contributed by atoms with Gasteiger partial charge in [0.2, 0.25) is 0 Å². The topological polar surface area (TPSA) is 44.8 Å². The molecule has 0 spiro atoms. The molecule has 4 aliphatic rings. The standard InChI is InChI=1S/C31H58O4Si2/c1-21(11-14-28(32)33-4)24-12-13-25-29-26(16-18-31(24,25)3)30(2)17-15-23(34-36(5,6)7)19-22(30)20-27(29)35-37(8,9)10/h21-27,29H,11-20H2,1-10H3/t21-,22?,23?,24?,25?,26?,27?,29?,30+,31-/m1/s1. The van der Waals surface area contributed by atoms with Gasteiger partial charge in [0.25, 0.3) is 0 Å². The van der Waals surface area contributed by atoms with Crippen LogP contribution in [0.2, 0.25) is 39.3 Å². The van der Waals surface area contributed by atoms with E-state index in [0.29, 0.717) is 47.2 Å². The summed E-state index contributed by atoms with van der Waals surface area (Å²) < 4.78 is 18.8. The molecule has 4 rings (SSSR count). The van der Waals surface area contributed by atoms with Crippen LogP contribution >= 0.6 is 0 Å². The summed E-state index contributed by atoms with van der Waals surface area (Å²) in [6.45, 7) is 21.9. The van der Waals surface area contributed by atoms with Crippen molar-refractivity contribution in [3.63, 3.8) is 0 Å². The second-order valence-electron chi connectivity index (χ2n) is 15.9. The lowest BCUT2D eigenvalue weighted by Crippen LogP contribution is -2.60. The van der Waals surface area contributed by atoms with E-state index in [9.17, 15) is 4.79 Å². The first-order chi connectivity index (χ1) is 17.1. The third kappa shape index (κ3) is 6.12. The Morgan fingerprint density at radius 1 is 0.865 bits per heavy atom. The fraction of sp³-hybridized carbons (Fsp3) is 0.968. The van der Waals surface area contributed by atoms with Crippen LogP contribution < -0.4 is 0 Å². The number of ether oxygens (including phenoxy) is 1. The lowest BCUT2D eigenvalue weighted by Gasteiger charge is -2.64. The molecular weight excluding hydrogens is 493 g/mol. The van der Waals surface area contributed by atoms with Crippen LogP contribution in [0, 0.1) is 46.3 Å². The van der Waals surface area contributed by atoms with Crippen molar-refractivity contribution in [2.45, 2.75) is 136 Å². The molecule has 0 aromatic carbocycles. The summed E-state index contributed by atoms with van der Waals surface area (Å²) in [5, 5.41) is 0. The Bertz CT molecular complexity index is 819. The van der Waals surface area contributed by atoms with Crippen LogP contribution in [-0.2, 0) is 18.4 Å². The fourth-order valence-corrected chi connectivity index (χ4v) is 12.3. The minimum absolute atomic E-state index is 0.0567. The minimum Gasteiger partial charge on any atom is -0.469 e. The van der Waals surface area contributed by atoms with E-state index in [2.05, 4.69) is 60.1 Å². The summed E-state index contributed by atoms with van der Waals surface area (Å²) in [5.74, 6) is 4.18. The van der Waals surface area contributed by atoms with Gasteiger partial charge in [-0.1, -0.05) is 20.8 Å². The maximum absolute atomic E-state index is 11.9. The molecule has 0 aromatic rings. The Kier molecular flexibility index (Phi) is 8.59. The van der Waals surface area contributed by atoms with Gasteiger partial charge in [-0.25, -0.2) is 0 Å². The summed E-state index contributed by atoms with van der Waals surface area (Å²) >= 11 is 0. The first kappa shape index (κ1) is 29.8. The quantitative estimate of drug-likeness (QED) is 0.225. The van der Waals surface area contributed by atoms with Crippen LogP contribution in [-0.4, -0.2) is 41.9 Å². The van der Waals surface area contributed by atoms with Crippen molar-refractivity contribution in [3.05, 3.63) is 0 Å². The van der Waals surface area contributed by atoms with E-state index < -0.39 is 16.6 Å². The second-order valence-corrected chi connectivity index (χ2v) is 24.9.